The van der Waals surface area contributed by atoms with Crippen LogP contribution >= 0.6 is 0 Å². The van der Waals surface area contributed by atoms with Crippen LogP contribution in [0.5, 0.6) is 0 Å². The number of halogens is 3. The molecule has 0 bridgehead atoms. The van der Waals surface area contributed by atoms with Gasteiger partial charge in [0, 0.05) is 25.2 Å². The maximum Gasteiger partial charge on any atom is 0.411 e. The lowest BCUT2D eigenvalue weighted by atomic mass is 10.1. The van der Waals surface area contributed by atoms with Crippen molar-refractivity contribution in [3.63, 3.8) is 0 Å². The van der Waals surface area contributed by atoms with Crippen LogP contribution in [0.15, 0.2) is 24.3 Å². The molecule has 2 N–H and O–H groups in total. The third-order valence-corrected chi connectivity index (χ3v) is 2.59. The number of carbonyl (C=O) groups is 1. The minimum atomic E-state index is -4.29. The highest BCUT2D eigenvalue weighted by Crippen LogP contribution is 2.13. The Balaban J connectivity index is 2.04. The number of ether oxygens (including phenoxy) is 1. The zero-order valence-electron chi connectivity index (χ0n) is 11.8. The van der Waals surface area contributed by atoms with E-state index in [-0.39, 0.29) is 12.5 Å². The molecule has 1 amide bonds. The van der Waals surface area contributed by atoms with E-state index in [1.807, 2.05) is 19.1 Å². The number of aryl methyl sites for hydroxylation is 1. The standard InChI is InChI=1S/C14H19F3N2O2/c1-11-2-4-12(5-3-11)13(20)19-7-6-18-8-9-21-10-14(15,16)17/h2-5,18H,6-10H2,1H3,(H,19,20). The molecule has 21 heavy (non-hydrogen) atoms. The molecule has 0 saturated carbocycles. The van der Waals surface area contributed by atoms with E-state index in [0.717, 1.165) is 5.56 Å². The zero-order chi connectivity index (χ0) is 15.7. The predicted octanol–water partition coefficient (Wildman–Crippen LogP) is 1.89. The molecule has 0 aromatic heterocycles. The van der Waals surface area contributed by atoms with Crippen LogP contribution in [0.3, 0.4) is 0 Å². The average Bonchev–Trinajstić information content (AvgIpc) is 2.41. The Morgan fingerprint density at radius 2 is 1.81 bits per heavy atom. The minimum absolute atomic E-state index is 0.0224. The third-order valence-electron chi connectivity index (χ3n) is 2.59. The van der Waals surface area contributed by atoms with Crippen LogP contribution in [0.2, 0.25) is 0 Å². The molecule has 0 aliphatic heterocycles. The molecule has 0 spiro atoms. The lowest BCUT2D eigenvalue weighted by molar-refractivity contribution is -0.173. The molecular formula is C14H19F3N2O2. The Kier molecular flexibility index (Phi) is 7.18. The first-order valence-corrected chi connectivity index (χ1v) is 6.58. The Hall–Kier alpha value is -1.60. The van der Waals surface area contributed by atoms with Gasteiger partial charge in [-0.3, -0.25) is 4.79 Å². The van der Waals surface area contributed by atoms with E-state index in [0.29, 0.717) is 25.2 Å². The third kappa shape index (κ3) is 8.31. The quantitative estimate of drug-likeness (QED) is 0.721. The number of amides is 1. The molecule has 0 saturated heterocycles. The van der Waals surface area contributed by atoms with Gasteiger partial charge in [-0.05, 0) is 19.1 Å². The van der Waals surface area contributed by atoms with Gasteiger partial charge in [0.2, 0.25) is 0 Å². The summed E-state index contributed by atoms with van der Waals surface area (Å²) in [6, 6.07) is 7.18. The summed E-state index contributed by atoms with van der Waals surface area (Å²) in [6.07, 6.45) is -4.29. The van der Waals surface area contributed by atoms with E-state index in [2.05, 4.69) is 15.4 Å². The molecule has 0 heterocycles. The predicted molar refractivity (Wildman–Crippen MR) is 73.3 cm³/mol. The fourth-order valence-corrected chi connectivity index (χ4v) is 1.53. The molecule has 1 rings (SSSR count). The zero-order valence-corrected chi connectivity index (χ0v) is 11.8. The van der Waals surface area contributed by atoms with Crippen LogP contribution in [0.1, 0.15) is 15.9 Å². The lowest BCUT2D eigenvalue weighted by Gasteiger charge is -2.09. The van der Waals surface area contributed by atoms with Crippen LogP contribution in [-0.2, 0) is 4.74 Å². The number of carbonyl (C=O) groups excluding carboxylic acids is 1. The molecular weight excluding hydrogens is 285 g/mol. The molecule has 4 nitrogen and oxygen atoms in total. The van der Waals surface area contributed by atoms with Crippen molar-refractivity contribution in [2.24, 2.45) is 0 Å². The number of hydrogen-bond acceptors (Lipinski definition) is 3. The summed E-state index contributed by atoms with van der Waals surface area (Å²) in [5, 5.41) is 5.59. The number of hydrogen-bond donors (Lipinski definition) is 2. The highest BCUT2D eigenvalue weighted by atomic mass is 19.4. The number of benzene rings is 1. The minimum Gasteiger partial charge on any atom is -0.371 e. The molecule has 0 radical (unpaired) electrons. The van der Waals surface area contributed by atoms with Gasteiger partial charge < -0.3 is 15.4 Å². The van der Waals surface area contributed by atoms with E-state index >= 15 is 0 Å². The molecule has 0 aliphatic carbocycles. The Labute approximate surface area is 121 Å². The Morgan fingerprint density at radius 3 is 2.43 bits per heavy atom. The smallest absolute Gasteiger partial charge is 0.371 e. The van der Waals surface area contributed by atoms with Gasteiger partial charge >= 0.3 is 6.18 Å². The summed E-state index contributed by atoms with van der Waals surface area (Å²) in [6.45, 7) is 1.84. The van der Waals surface area contributed by atoms with Crippen LogP contribution < -0.4 is 10.6 Å². The van der Waals surface area contributed by atoms with E-state index in [9.17, 15) is 18.0 Å². The second-order valence-electron chi connectivity index (χ2n) is 4.54. The van der Waals surface area contributed by atoms with E-state index < -0.39 is 12.8 Å². The molecule has 0 atom stereocenters. The van der Waals surface area contributed by atoms with Gasteiger partial charge in [0.25, 0.3) is 5.91 Å². The SMILES string of the molecule is Cc1ccc(C(=O)NCCNCCOCC(F)(F)F)cc1. The van der Waals surface area contributed by atoms with Gasteiger partial charge in [-0.1, -0.05) is 17.7 Å². The molecule has 1 aromatic rings. The number of alkyl halides is 3. The van der Waals surface area contributed by atoms with Crippen molar-refractivity contribution in [3.05, 3.63) is 35.4 Å². The van der Waals surface area contributed by atoms with Crippen molar-refractivity contribution < 1.29 is 22.7 Å². The van der Waals surface area contributed by atoms with Crippen molar-refractivity contribution >= 4 is 5.91 Å². The van der Waals surface area contributed by atoms with E-state index in [1.165, 1.54) is 0 Å². The van der Waals surface area contributed by atoms with Crippen molar-refractivity contribution in [1.29, 1.82) is 0 Å². The summed E-state index contributed by atoms with van der Waals surface area (Å²) < 4.78 is 39.7. The summed E-state index contributed by atoms with van der Waals surface area (Å²) in [7, 11) is 0. The number of rotatable bonds is 8. The van der Waals surface area contributed by atoms with Crippen molar-refractivity contribution in [2.75, 3.05) is 32.8 Å². The number of nitrogens with one attached hydrogen (secondary N) is 2. The molecule has 7 heteroatoms. The average molecular weight is 304 g/mol. The van der Waals surface area contributed by atoms with Gasteiger partial charge in [-0.25, -0.2) is 0 Å². The van der Waals surface area contributed by atoms with Gasteiger partial charge in [0.05, 0.1) is 6.61 Å². The first-order chi connectivity index (χ1) is 9.88. The van der Waals surface area contributed by atoms with Crippen LogP contribution in [0, 0.1) is 6.92 Å². The Morgan fingerprint density at radius 1 is 1.14 bits per heavy atom. The first kappa shape index (κ1) is 17.5. The maximum atomic E-state index is 11.8. The molecule has 1 aromatic carbocycles. The fourth-order valence-electron chi connectivity index (χ4n) is 1.53. The highest BCUT2D eigenvalue weighted by molar-refractivity contribution is 5.94. The van der Waals surface area contributed by atoms with Gasteiger partial charge in [-0.15, -0.1) is 0 Å². The van der Waals surface area contributed by atoms with Crippen LogP contribution in [0.25, 0.3) is 0 Å². The normalized spacial score (nSPS) is 11.4. The summed E-state index contributed by atoms with van der Waals surface area (Å²) >= 11 is 0. The van der Waals surface area contributed by atoms with Crippen LogP contribution in [0.4, 0.5) is 13.2 Å². The van der Waals surface area contributed by atoms with Crippen molar-refractivity contribution in [2.45, 2.75) is 13.1 Å². The Bertz CT molecular complexity index is 433. The van der Waals surface area contributed by atoms with Gasteiger partial charge in [0.1, 0.15) is 6.61 Å². The van der Waals surface area contributed by atoms with Crippen LogP contribution in [-0.4, -0.2) is 44.9 Å². The van der Waals surface area contributed by atoms with E-state index in [1.54, 1.807) is 12.1 Å². The van der Waals surface area contributed by atoms with Crippen molar-refractivity contribution in [3.8, 4) is 0 Å². The lowest BCUT2D eigenvalue weighted by Crippen LogP contribution is -2.33. The second-order valence-corrected chi connectivity index (χ2v) is 4.54. The summed E-state index contributed by atoms with van der Waals surface area (Å²) in [4.78, 5) is 11.7. The summed E-state index contributed by atoms with van der Waals surface area (Å²) in [5.41, 5.74) is 1.65. The van der Waals surface area contributed by atoms with Gasteiger partial charge in [0.15, 0.2) is 0 Å². The molecule has 118 valence electrons. The maximum absolute atomic E-state index is 11.8. The first-order valence-electron chi connectivity index (χ1n) is 6.58. The molecule has 0 unspecified atom stereocenters. The summed E-state index contributed by atoms with van der Waals surface area (Å²) in [5.74, 6) is -0.176. The molecule has 0 fully saturated rings. The fraction of sp³-hybridized carbons (Fsp3) is 0.500. The molecule has 0 aliphatic rings. The van der Waals surface area contributed by atoms with E-state index in [4.69, 9.17) is 0 Å². The largest absolute Gasteiger partial charge is 0.411 e. The monoisotopic (exact) mass is 304 g/mol. The van der Waals surface area contributed by atoms with Gasteiger partial charge in [-0.2, -0.15) is 13.2 Å². The topological polar surface area (TPSA) is 50.4 Å². The highest BCUT2D eigenvalue weighted by Gasteiger charge is 2.27. The second kappa shape index (κ2) is 8.63. The van der Waals surface area contributed by atoms with Crippen molar-refractivity contribution in [1.82, 2.24) is 10.6 Å².